The number of benzene rings is 2. The highest BCUT2D eigenvalue weighted by Crippen LogP contribution is 2.24. The van der Waals surface area contributed by atoms with Gasteiger partial charge < -0.3 is 15.2 Å². The van der Waals surface area contributed by atoms with Gasteiger partial charge in [-0.2, -0.15) is 0 Å². The van der Waals surface area contributed by atoms with Crippen LogP contribution in [-0.2, 0) is 12.0 Å². The molecule has 0 atom stereocenters. The van der Waals surface area contributed by atoms with Crippen LogP contribution in [0, 0.1) is 0 Å². The van der Waals surface area contributed by atoms with Crippen molar-refractivity contribution < 1.29 is 9.47 Å². The van der Waals surface area contributed by atoms with Gasteiger partial charge in [0.2, 0.25) is 0 Å². The van der Waals surface area contributed by atoms with Crippen LogP contribution in [0.25, 0.3) is 0 Å². The molecular formula is C19H25NO2. The largest absolute Gasteiger partial charge is 0.490 e. The molecular weight excluding hydrogens is 274 g/mol. The third-order valence-corrected chi connectivity index (χ3v) is 3.50. The summed E-state index contributed by atoms with van der Waals surface area (Å²) in [5.41, 5.74) is 8.13. The van der Waals surface area contributed by atoms with E-state index in [2.05, 4.69) is 32.9 Å². The Balaban J connectivity index is 1.76. The molecule has 2 N–H and O–H groups in total. The Labute approximate surface area is 133 Å². The smallest absolute Gasteiger partial charge is 0.122 e. The van der Waals surface area contributed by atoms with Gasteiger partial charge in [0, 0.05) is 6.54 Å². The fourth-order valence-corrected chi connectivity index (χ4v) is 2.09. The van der Waals surface area contributed by atoms with Crippen molar-refractivity contribution in [3.63, 3.8) is 0 Å². The summed E-state index contributed by atoms with van der Waals surface area (Å²) in [6, 6.07) is 16.1. The van der Waals surface area contributed by atoms with Crippen molar-refractivity contribution in [1.29, 1.82) is 0 Å². The zero-order valence-corrected chi connectivity index (χ0v) is 13.6. The molecule has 118 valence electrons. The Bertz CT molecular complexity index is 568. The summed E-state index contributed by atoms with van der Waals surface area (Å²) in [5.74, 6) is 1.71. The summed E-state index contributed by atoms with van der Waals surface area (Å²) in [4.78, 5) is 0. The van der Waals surface area contributed by atoms with Crippen LogP contribution >= 0.6 is 0 Å². The van der Waals surface area contributed by atoms with Crippen molar-refractivity contribution in [1.82, 2.24) is 0 Å². The molecule has 3 heteroatoms. The van der Waals surface area contributed by atoms with E-state index >= 15 is 0 Å². The molecule has 3 nitrogen and oxygen atoms in total. The van der Waals surface area contributed by atoms with Crippen LogP contribution in [0.3, 0.4) is 0 Å². The predicted molar refractivity (Wildman–Crippen MR) is 90.5 cm³/mol. The molecule has 22 heavy (non-hydrogen) atoms. The molecule has 0 aliphatic carbocycles. The predicted octanol–water partition coefficient (Wildman–Crippen LogP) is 3.90. The monoisotopic (exact) mass is 299 g/mol. The van der Waals surface area contributed by atoms with Crippen LogP contribution in [0.2, 0.25) is 0 Å². The Morgan fingerprint density at radius 1 is 0.773 bits per heavy atom. The number of rotatable bonds is 6. The minimum atomic E-state index is 0.164. The zero-order chi connectivity index (χ0) is 16.0. The Morgan fingerprint density at radius 3 is 1.64 bits per heavy atom. The Kier molecular flexibility index (Phi) is 5.45. The third-order valence-electron chi connectivity index (χ3n) is 3.50. The summed E-state index contributed by atoms with van der Waals surface area (Å²) in [6.45, 7) is 8.19. The van der Waals surface area contributed by atoms with E-state index in [0.717, 1.165) is 17.1 Å². The second kappa shape index (κ2) is 7.32. The molecule has 0 aliphatic heterocycles. The van der Waals surface area contributed by atoms with Crippen molar-refractivity contribution in [3.8, 4) is 11.5 Å². The molecule has 0 aliphatic rings. The fourth-order valence-electron chi connectivity index (χ4n) is 2.09. The van der Waals surface area contributed by atoms with E-state index in [1.54, 1.807) is 0 Å². The normalized spacial score (nSPS) is 11.3. The summed E-state index contributed by atoms with van der Waals surface area (Å²) >= 11 is 0. The molecule has 0 spiro atoms. The van der Waals surface area contributed by atoms with E-state index in [-0.39, 0.29) is 5.41 Å². The molecule has 2 aromatic carbocycles. The maximum absolute atomic E-state index is 5.70. The number of hydrogen-bond donors (Lipinski definition) is 1. The number of ether oxygens (including phenoxy) is 2. The van der Waals surface area contributed by atoms with Gasteiger partial charge in [-0.1, -0.05) is 45.0 Å². The van der Waals surface area contributed by atoms with E-state index < -0.39 is 0 Å². The molecule has 0 aromatic heterocycles. The highest BCUT2D eigenvalue weighted by atomic mass is 16.5. The van der Waals surface area contributed by atoms with Crippen LogP contribution in [0.5, 0.6) is 11.5 Å². The summed E-state index contributed by atoms with van der Waals surface area (Å²) in [6.07, 6.45) is 0. The van der Waals surface area contributed by atoms with Gasteiger partial charge in [-0.25, -0.2) is 0 Å². The summed E-state index contributed by atoms with van der Waals surface area (Å²) < 4.78 is 11.3. The van der Waals surface area contributed by atoms with Crippen LogP contribution in [-0.4, -0.2) is 13.2 Å². The Morgan fingerprint density at radius 2 is 1.23 bits per heavy atom. The van der Waals surface area contributed by atoms with Crippen LogP contribution in [0.1, 0.15) is 31.9 Å². The van der Waals surface area contributed by atoms with Gasteiger partial charge in [-0.15, -0.1) is 0 Å². The fraction of sp³-hybridized carbons (Fsp3) is 0.368. The SMILES string of the molecule is CC(C)(C)c1ccc(OCCOc2ccc(CN)cc2)cc1. The lowest BCUT2D eigenvalue weighted by atomic mass is 9.87. The lowest BCUT2D eigenvalue weighted by molar-refractivity contribution is 0.217. The topological polar surface area (TPSA) is 44.5 Å². The van der Waals surface area contributed by atoms with Gasteiger partial charge in [-0.3, -0.25) is 0 Å². The highest BCUT2D eigenvalue weighted by molar-refractivity contribution is 5.31. The van der Waals surface area contributed by atoms with E-state index in [0.29, 0.717) is 19.8 Å². The number of nitrogens with two attached hydrogens (primary N) is 1. The van der Waals surface area contributed by atoms with Crippen molar-refractivity contribution in [2.45, 2.75) is 32.7 Å². The lowest BCUT2D eigenvalue weighted by Crippen LogP contribution is -2.11. The molecule has 0 fully saturated rings. The molecule has 2 aromatic rings. The Hall–Kier alpha value is -2.00. The minimum Gasteiger partial charge on any atom is -0.490 e. The zero-order valence-electron chi connectivity index (χ0n) is 13.6. The van der Waals surface area contributed by atoms with Gasteiger partial charge >= 0.3 is 0 Å². The molecule has 0 radical (unpaired) electrons. The first-order valence-corrected chi connectivity index (χ1v) is 7.64. The van der Waals surface area contributed by atoms with Gasteiger partial charge in [0.05, 0.1) is 0 Å². The van der Waals surface area contributed by atoms with Gasteiger partial charge in [0.15, 0.2) is 0 Å². The van der Waals surface area contributed by atoms with E-state index in [4.69, 9.17) is 15.2 Å². The molecule has 0 heterocycles. The minimum absolute atomic E-state index is 0.164. The first-order valence-electron chi connectivity index (χ1n) is 7.64. The maximum atomic E-state index is 5.70. The maximum Gasteiger partial charge on any atom is 0.122 e. The van der Waals surface area contributed by atoms with Crippen molar-refractivity contribution >= 4 is 0 Å². The molecule has 0 saturated carbocycles. The average Bonchev–Trinajstić information content (AvgIpc) is 2.52. The highest BCUT2D eigenvalue weighted by Gasteiger charge is 2.12. The second-order valence-corrected chi connectivity index (χ2v) is 6.32. The summed E-state index contributed by atoms with van der Waals surface area (Å²) in [7, 11) is 0. The van der Waals surface area contributed by atoms with Gasteiger partial charge in [0.1, 0.15) is 24.7 Å². The van der Waals surface area contributed by atoms with Gasteiger partial charge in [0.25, 0.3) is 0 Å². The summed E-state index contributed by atoms with van der Waals surface area (Å²) in [5, 5.41) is 0. The average molecular weight is 299 g/mol. The molecule has 2 rings (SSSR count). The van der Waals surface area contributed by atoms with Crippen molar-refractivity contribution in [2.24, 2.45) is 5.73 Å². The molecule has 0 unspecified atom stereocenters. The quantitative estimate of drug-likeness (QED) is 0.823. The van der Waals surface area contributed by atoms with E-state index in [9.17, 15) is 0 Å². The second-order valence-electron chi connectivity index (χ2n) is 6.32. The van der Waals surface area contributed by atoms with Crippen molar-refractivity contribution in [3.05, 3.63) is 59.7 Å². The van der Waals surface area contributed by atoms with Crippen LogP contribution < -0.4 is 15.2 Å². The standard InChI is InChI=1S/C19H25NO2/c1-19(2,3)16-6-10-18(11-7-16)22-13-12-21-17-8-4-15(14-20)5-9-17/h4-11H,12-14,20H2,1-3H3. The van der Waals surface area contributed by atoms with E-state index in [1.807, 2.05) is 36.4 Å². The molecule has 0 saturated heterocycles. The van der Waals surface area contributed by atoms with E-state index in [1.165, 1.54) is 5.56 Å². The van der Waals surface area contributed by atoms with Crippen molar-refractivity contribution in [2.75, 3.05) is 13.2 Å². The first kappa shape index (κ1) is 16.4. The lowest BCUT2D eigenvalue weighted by Gasteiger charge is -2.19. The van der Waals surface area contributed by atoms with Crippen LogP contribution in [0.4, 0.5) is 0 Å². The van der Waals surface area contributed by atoms with Crippen LogP contribution in [0.15, 0.2) is 48.5 Å². The molecule has 0 amide bonds. The first-order chi connectivity index (χ1) is 10.5. The molecule has 0 bridgehead atoms. The van der Waals surface area contributed by atoms with Gasteiger partial charge in [-0.05, 0) is 40.8 Å². The number of hydrogen-bond acceptors (Lipinski definition) is 3. The third kappa shape index (κ3) is 4.78.